The zero-order valence-electron chi connectivity index (χ0n) is 12.0. The van der Waals surface area contributed by atoms with Crippen LogP contribution >= 0.6 is 0 Å². The zero-order chi connectivity index (χ0) is 13.4. The molecule has 0 radical (unpaired) electrons. The smallest absolute Gasteiger partial charge is 0.105 e. The Balaban J connectivity index is 2.36. The number of hydrogen-bond acceptors (Lipinski definition) is 4. The summed E-state index contributed by atoms with van der Waals surface area (Å²) < 4.78 is 5.24. The third-order valence-corrected chi connectivity index (χ3v) is 3.75. The summed E-state index contributed by atoms with van der Waals surface area (Å²) in [5.41, 5.74) is -0.386. The summed E-state index contributed by atoms with van der Waals surface area (Å²) in [6, 6.07) is 2.39. The topological polar surface area (TPSA) is 48.3 Å². The van der Waals surface area contributed by atoms with E-state index in [-0.39, 0.29) is 5.54 Å². The van der Waals surface area contributed by atoms with Crippen molar-refractivity contribution in [1.29, 1.82) is 5.26 Å². The maximum absolute atomic E-state index is 9.23. The number of piperidine rings is 1. The molecule has 1 aliphatic heterocycles. The number of likely N-dealkylation sites (tertiary alicyclic amines) is 1. The number of nitrogens with zero attached hydrogens (tertiary/aromatic N) is 2. The first-order valence-electron chi connectivity index (χ1n) is 7.01. The fraction of sp³-hybridized carbons (Fsp3) is 0.929. The molecule has 0 amide bonds. The predicted molar refractivity (Wildman–Crippen MR) is 73.4 cm³/mol. The van der Waals surface area contributed by atoms with Crippen molar-refractivity contribution >= 4 is 0 Å². The maximum atomic E-state index is 9.23. The van der Waals surface area contributed by atoms with Crippen molar-refractivity contribution in [3.05, 3.63) is 0 Å². The van der Waals surface area contributed by atoms with Gasteiger partial charge in [0.2, 0.25) is 0 Å². The van der Waals surface area contributed by atoms with Gasteiger partial charge in [-0.2, -0.15) is 5.26 Å². The van der Waals surface area contributed by atoms with Crippen LogP contribution in [0.15, 0.2) is 0 Å². The first-order chi connectivity index (χ1) is 8.63. The van der Waals surface area contributed by atoms with Crippen molar-refractivity contribution in [3.8, 4) is 6.07 Å². The standard InChI is InChI=1S/C14H27N3O/c1-4-16-14(2,12-15)7-9-17-8-5-6-13(10-17)11-18-3/h13,16H,4-11H2,1-3H3. The van der Waals surface area contributed by atoms with Crippen molar-refractivity contribution in [2.24, 2.45) is 5.92 Å². The van der Waals surface area contributed by atoms with Gasteiger partial charge in [-0.25, -0.2) is 0 Å². The summed E-state index contributed by atoms with van der Waals surface area (Å²) in [6.45, 7) is 9.01. The van der Waals surface area contributed by atoms with E-state index in [1.54, 1.807) is 7.11 Å². The summed E-state index contributed by atoms with van der Waals surface area (Å²) in [5, 5.41) is 12.5. The van der Waals surface area contributed by atoms with Crippen LogP contribution in [0.1, 0.15) is 33.1 Å². The molecular weight excluding hydrogens is 226 g/mol. The van der Waals surface area contributed by atoms with Crippen molar-refractivity contribution < 1.29 is 4.74 Å². The molecule has 0 aromatic carbocycles. The number of methoxy groups -OCH3 is 1. The minimum Gasteiger partial charge on any atom is -0.384 e. The van der Waals surface area contributed by atoms with Crippen LogP contribution in [0, 0.1) is 17.2 Å². The first kappa shape index (κ1) is 15.4. The van der Waals surface area contributed by atoms with Crippen LogP contribution in [0.4, 0.5) is 0 Å². The Labute approximate surface area is 111 Å². The van der Waals surface area contributed by atoms with Crippen LogP contribution in [-0.2, 0) is 4.74 Å². The number of rotatable bonds is 7. The lowest BCUT2D eigenvalue weighted by Gasteiger charge is -2.34. The molecule has 1 heterocycles. The van der Waals surface area contributed by atoms with E-state index in [2.05, 4.69) is 16.3 Å². The molecule has 0 saturated carbocycles. The normalized spacial score (nSPS) is 24.4. The molecule has 4 nitrogen and oxygen atoms in total. The van der Waals surface area contributed by atoms with Gasteiger partial charge in [-0.1, -0.05) is 6.92 Å². The van der Waals surface area contributed by atoms with Crippen molar-refractivity contribution in [3.63, 3.8) is 0 Å². The zero-order valence-corrected chi connectivity index (χ0v) is 12.0. The van der Waals surface area contributed by atoms with Crippen LogP contribution < -0.4 is 5.32 Å². The van der Waals surface area contributed by atoms with E-state index in [1.165, 1.54) is 12.8 Å². The second-order valence-corrected chi connectivity index (χ2v) is 5.49. The lowest BCUT2D eigenvalue weighted by Crippen LogP contribution is -2.45. The maximum Gasteiger partial charge on any atom is 0.105 e. The molecule has 1 rings (SSSR count). The summed E-state index contributed by atoms with van der Waals surface area (Å²) in [4.78, 5) is 2.47. The van der Waals surface area contributed by atoms with Gasteiger partial charge in [0, 0.05) is 20.2 Å². The summed E-state index contributed by atoms with van der Waals surface area (Å²) in [5.74, 6) is 0.663. The third kappa shape index (κ3) is 4.93. The van der Waals surface area contributed by atoms with E-state index in [4.69, 9.17) is 4.74 Å². The molecule has 2 atom stereocenters. The van der Waals surface area contributed by atoms with Crippen LogP contribution in [-0.4, -0.2) is 50.3 Å². The van der Waals surface area contributed by atoms with Crippen LogP contribution in [0.5, 0.6) is 0 Å². The molecule has 0 spiro atoms. The highest BCUT2D eigenvalue weighted by Crippen LogP contribution is 2.18. The fourth-order valence-corrected chi connectivity index (χ4v) is 2.68. The molecule has 4 heteroatoms. The van der Waals surface area contributed by atoms with Gasteiger partial charge >= 0.3 is 0 Å². The molecule has 1 N–H and O–H groups in total. The van der Waals surface area contributed by atoms with E-state index >= 15 is 0 Å². The average molecular weight is 253 g/mol. The Hall–Kier alpha value is -0.630. The number of nitriles is 1. The van der Waals surface area contributed by atoms with Crippen LogP contribution in [0.3, 0.4) is 0 Å². The first-order valence-corrected chi connectivity index (χ1v) is 7.01. The van der Waals surface area contributed by atoms with Crippen molar-refractivity contribution in [2.75, 3.05) is 39.9 Å². The molecule has 0 aliphatic carbocycles. The van der Waals surface area contributed by atoms with E-state index in [0.29, 0.717) is 5.92 Å². The van der Waals surface area contributed by atoms with Gasteiger partial charge in [-0.05, 0) is 45.2 Å². The van der Waals surface area contributed by atoms with Gasteiger partial charge < -0.3 is 9.64 Å². The number of hydrogen-bond donors (Lipinski definition) is 1. The van der Waals surface area contributed by atoms with Crippen LogP contribution in [0.2, 0.25) is 0 Å². The van der Waals surface area contributed by atoms with Gasteiger partial charge in [-0.15, -0.1) is 0 Å². The highest BCUT2D eigenvalue weighted by atomic mass is 16.5. The number of ether oxygens (including phenoxy) is 1. The largest absolute Gasteiger partial charge is 0.384 e. The Bertz CT molecular complexity index is 275. The molecule has 1 fully saturated rings. The van der Waals surface area contributed by atoms with E-state index in [1.807, 2.05) is 13.8 Å². The molecule has 1 saturated heterocycles. The SMILES string of the molecule is CCNC(C)(C#N)CCN1CCCC(COC)C1. The fourth-order valence-electron chi connectivity index (χ4n) is 2.68. The molecule has 2 unspecified atom stereocenters. The molecule has 0 aromatic heterocycles. The van der Waals surface area contributed by atoms with E-state index in [0.717, 1.165) is 39.2 Å². The van der Waals surface area contributed by atoms with Crippen molar-refractivity contribution in [2.45, 2.75) is 38.6 Å². The highest BCUT2D eigenvalue weighted by Gasteiger charge is 2.25. The van der Waals surface area contributed by atoms with Gasteiger partial charge in [0.15, 0.2) is 0 Å². The monoisotopic (exact) mass is 253 g/mol. The molecule has 0 aromatic rings. The Morgan fingerprint density at radius 3 is 2.94 bits per heavy atom. The number of nitrogens with one attached hydrogen (secondary N) is 1. The second-order valence-electron chi connectivity index (χ2n) is 5.49. The lowest BCUT2D eigenvalue weighted by molar-refractivity contribution is 0.0875. The van der Waals surface area contributed by atoms with Gasteiger partial charge in [-0.3, -0.25) is 5.32 Å². The van der Waals surface area contributed by atoms with Crippen molar-refractivity contribution in [1.82, 2.24) is 10.2 Å². The summed E-state index contributed by atoms with van der Waals surface area (Å²) in [6.07, 6.45) is 3.41. The minimum atomic E-state index is -0.386. The Kier molecular flexibility index (Phi) is 6.62. The lowest BCUT2D eigenvalue weighted by atomic mass is 9.96. The minimum absolute atomic E-state index is 0.386. The molecule has 1 aliphatic rings. The quantitative estimate of drug-likeness (QED) is 0.749. The molecule has 104 valence electrons. The third-order valence-electron chi connectivity index (χ3n) is 3.75. The second kappa shape index (κ2) is 7.73. The van der Waals surface area contributed by atoms with Gasteiger partial charge in [0.1, 0.15) is 5.54 Å². The molecule has 18 heavy (non-hydrogen) atoms. The highest BCUT2D eigenvalue weighted by molar-refractivity contribution is 5.03. The summed E-state index contributed by atoms with van der Waals surface area (Å²) >= 11 is 0. The van der Waals surface area contributed by atoms with E-state index in [9.17, 15) is 5.26 Å². The predicted octanol–water partition coefficient (Wildman–Crippen LogP) is 1.63. The molecule has 0 bridgehead atoms. The Morgan fingerprint density at radius 1 is 1.56 bits per heavy atom. The van der Waals surface area contributed by atoms with E-state index < -0.39 is 0 Å². The summed E-state index contributed by atoms with van der Waals surface area (Å²) in [7, 11) is 1.77. The molecular formula is C14H27N3O. The van der Waals surface area contributed by atoms with Crippen LogP contribution in [0.25, 0.3) is 0 Å². The average Bonchev–Trinajstić information content (AvgIpc) is 2.38. The van der Waals surface area contributed by atoms with Gasteiger partial charge in [0.25, 0.3) is 0 Å². The Morgan fingerprint density at radius 2 is 2.33 bits per heavy atom. The van der Waals surface area contributed by atoms with Gasteiger partial charge in [0.05, 0.1) is 12.7 Å².